The highest BCUT2D eigenvalue weighted by molar-refractivity contribution is 5.79. The molecule has 6 nitrogen and oxygen atoms in total. The molecular weight excluding hydrogens is 335 g/mol. The third kappa shape index (κ3) is 3.12. The van der Waals surface area contributed by atoms with Crippen LogP contribution in [-0.2, 0) is 11.2 Å². The molecule has 1 aliphatic rings. The summed E-state index contributed by atoms with van der Waals surface area (Å²) in [6.45, 7) is 1.18. The Labute approximate surface area is 149 Å². The minimum atomic E-state index is -0.347. The standard InChI is InChI=1S/C19H19FN4O2/c20-15-4-2-1-3-14(15)11-18(25)23-9-6-13(7-10-23)16-12-19(26)24-17(22-16)5-8-21-24/h1-5,8,12-13,21H,6-7,9-11H2. The number of halogens is 1. The Morgan fingerprint density at radius 3 is 2.77 bits per heavy atom. The van der Waals surface area contributed by atoms with E-state index in [4.69, 9.17) is 0 Å². The Morgan fingerprint density at radius 2 is 2.00 bits per heavy atom. The molecule has 7 heteroatoms. The molecule has 0 spiro atoms. The fraction of sp³-hybridized carbons (Fsp3) is 0.316. The van der Waals surface area contributed by atoms with Gasteiger partial charge >= 0.3 is 0 Å². The molecule has 4 rings (SSSR count). The number of carbonyl (C=O) groups excluding carboxylic acids is 1. The van der Waals surface area contributed by atoms with Crippen LogP contribution in [0.4, 0.5) is 4.39 Å². The van der Waals surface area contributed by atoms with E-state index in [-0.39, 0.29) is 29.6 Å². The maximum atomic E-state index is 13.7. The van der Waals surface area contributed by atoms with Crippen molar-refractivity contribution in [3.05, 3.63) is 70.0 Å². The summed E-state index contributed by atoms with van der Waals surface area (Å²) in [6, 6.07) is 9.69. The van der Waals surface area contributed by atoms with Crippen molar-refractivity contribution in [2.24, 2.45) is 0 Å². The van der Waals surface area contributed by atoms with Crippen LogP contribution in [0.2, 0.25) is 0 Å². The van der Waals surface area contributed by atoms with E-state index in [0.29, 0.717) is 24.3 Å². The highest BCUT2D eigenvalue weighted by atomic mass is 19.1. The number of aromatic amines is 1. The Bertz CT molecular complexity index is 1000. The zero-order chi connectivity index (χ0) is 18.1. The van der Waals surface area contributed by atoms with Crippen LogP contribution in [-0.4, -0.2) is 38.5 Å². The third-order valence-corrected chi connectivity index (χ3v) is 4.97. The lowest BCUT2D eigenvalue weighted by molar-refractivity contribution is -0.131. The number of benzene rings is 1. The smallest absolute Gasteiger partial charge is 0.272 e. The predicted octanol–water partition coefficient (Wildman–Crippen LogP) is 2.11. The van der Waals surface area contributed by atoms with Gasteiger partial charge in [-0.2, -0.15) is 0 Å². The molecule has 26 heavy (non-hydrogen) atoms. The summed E-state index contributed by atoms with van der Waals surface area (Å²) in [7, 11) is 0. The van der Waals surface area contributed by atoms with Crippen LogP contribution in [0.25, 0.3) is 5.65 Å². The Hall–Kier alpha value is -2.96. The molecule has 1 amide bonds. The third-order valence-electron chi connectivity index (χ3n) is 4.97. The van der Waals surface area contributed by atoms with Gasteiger partial charge in [0.1, 0.15) is 5.82 Å². The molecule has 1 aliphatic heterocycles. The van der Waals surface area contributed by atoms with Gasteiger partial charge < -0.3 is 4.90 Å². The molecule has 1 N–H and O–H groups in total. The van der Waals surface area contributed by atoms with E-state index in [0.717, 1.165) is 18.5 Å². The Kier molecular flexibility index (Phi) is 4.28. The van der Waals surface area contributed by atoms with Gasteiger partial charge in [0, 0.05) is 37.3 Å². The minimum Gasteiger partial charge on any atom is -0.342 e. The number of nitrogens with one attached hydrogen (secondary N) is 1. The second-order valence-electron chi connectivity index (χ2n) is 6.60. The van der Waals surface area contributed by atoms with Gasteiger partial charge in [-0.15, -0.1) is 0 Å². The SMILES string of the molecule is O=C(Cc1ccccc1F)N1CCC(c2cc(=O)n3[nH]ccc3n2)CC1. The van der Waals surface area contributed by atoms with Gasteiger partial charge in [-0.3, -0.25) is 14.7 Å². The van der Waals surface area contributed by atoms with Crippen molar-refractivity contribution in [1.82, 2.24) is 19.5 Å². The lowest BCUT2D eigenvalue weighted by Crippen LogP contribution is -2.39. The van der Waals surface area contributed by atoms with E-state index < -0.39 is 0 Å². The molecule has 0 atom stereocenters. The van der Waals surface area contributed by atoms with E-state index in [9.17, 15) is 14.0 Å². The number of piperidine rings is 1. The topological polar surface area (TPSA) is 70.5 Å². The molecule has 3 heterocycles. The van der Waals surface area contributed by atoms with Gasteiger partial charge in [-0.25, -0.2) is 13.9 Å². The number of carbonyl (C=O) groups is 1. The first-order valence-corrected chi connectivity index (χ1v) is 8.70. The van der Waals surface area contributed by atoms with Crippen molar-refractivity contribution in [2.45, 2.75) is 25.2 Å². The number of H-pyrrole nitrogens is 1. The fourth-order valence-corrected chi connectivity index (χ4v) is 3.50. The van der Waals surface area contributed by atoms with Crippen molar-refractivity contribution in [3.8, 4) is 0 Å². The van der Waals surface area contributed by atoms with E-state index in [1.165, 1.54) is 10.6 Å². The zero-order valence-corrected chi connectivity index (χ0v) is 14.2. The van der Waals surface area contributed by atoms with Crippen LogP contribution in [0.15, 0.2) is 47.4 Å². The largest absolute Gasteiger partial charge is 0.342 e. The summed E-state index contributed by atoms with van der Waals surface area (Å²) in [5.41, 5.74) is 1.67. The second kappa shape index (κ2) is 6.74. The minimum absolute atomic E-state index is 0.0670. The van der Waals surface area contributed by atoms with E-state index >= 15 is 0 Å². The molecule has 1 saturated heterocycles. The average molecular weight is 354 g/mol. The van der Waals surface area contributed by atoms with Crippen molar-refractivity contribution >= 4 is 11.6 Å². The molecule has 2 aromatic heterocycles. The summed E-state index contributed by atoms with van der Waals surface area (Å²) in [5.74, 6) is -0.261. The van der Waals surface area contributed by atoms with Crippen LogP contribution in [0.1, 0.15) is 30.0 Å². The fourth-order valence-electron chi connectivity index (χ4n) is 3.50. The lowest BCUT2D eigenvalue weighted by atomic mass is 9.93. The summed E-state index contributed by atoms with van der Waals surface area (Å²) >= 11 is 0. The summed E-state index contributed by atoms with van der Waals surface area (Å²) in [4.78, 5) is 30.9. The van der Waals surface area contributed by atoms with Crippen molar-refractivity contribution in [2.75, 3.05) is 13.1 Å². The monoisotopic (exact) mass is 354 g/mol. The lowest BCUT2D eigenvalue weighted by Gasteiger charge is -2.31. The number of hydrogen-bond donors (Lipinski definition) is 1. The predicted molar refractivity (Wildman–Crippen MR) is 94.5 cm³/mol. The molecule has 0 bridgehead atoms. The van der Waals surface area contributed by atoms with Crippen LogP contribution < -0.4 is 5.56 Å². The molecule has 1 fully saturated rings. The number of hydrogen-bond acceptors (Lipinski definition) is 3. The van der Waals surface area contributed by atoms with Crippen LogP contribution in [0, 0.1) is 5.82 Å². The van der Waals surface area contributed by atoms with Crippen molar-refractivity contribution in [1.29, 1.82) is 0 Å². The van der Waals surface area contributed by atoms with E-state index in [1.807, 2.05) is 0 Å². The highest BCUT2D eigenvalue weighted by Gasteiger charge is 2.25. The summed E-state index contributed by atoms with van der Waals surface area (Å²) < 4.78 is 15.1. The van der Waals surface area contributed by atoms with Gasteiger partial charge in [0.2, 0.25) is 5.91 Å². The van der Waals surface area contributed by atoms with Gasteiger partial charge in [0.05, 0.1) is 12.1 Å². The highest BCUT2D eigenvalue weighted by Crippen LogP contribution is 2.26. The number of likely N-dealkylation sites (tertiary alicyclic amines) is 1. The number of fused-ring (bicyclic) bond motifs is 1. The van der Waals surface area contributed by atoms with Gasteiger partial charge in [-0.05, 0) is 24.5 Å². The molecule has 3 aromatic rings. The van der Waals surface area contributed by atoms with Crippen LogP contribution in [0.5, 0.6) is 0 Å². The maximum Gasteiger partial charge on any atom is 0.272 e. The molecular formula is C19H19FN4O2. The molecule has 134 valence electrons. The maximum absolute atomic E-state index is 13.7. The zero-order valence-electron chi connectivity index (χ0n) is 14.2. The van der Waals surface area contributed by atoms with E-state index in [2.05, 4.69) is 10.1 Å². The summed E-state index contributed by atoms with van der Waals surface area (Å²) in [6.07, 6.45) is 3.25. The summed E-state index contributed by atoms with van der Waals surface area (Å²) in [5, 5.41) is 2.83. The van der Waals surface area contributed by atoms with Crippen molar-refractivity contribution in [3.63, 3.8) is 0 Å². The quantitative estimate of drug-likeness (QED) is 0.783. The number of amides is 1. The first-order valence-electron chi connectivity index (χ1n) is 8.70. The molecule has 0 unspecified atom stereocenters. The normalized spacial score (nSPS) is 15.5. The Morgan fingerprint density at radius 1 is 1.23 bits per heavy atom. The average Bonchev–Trinajstić information content (AvgIpc) is 3.13. The molecule has 0 aliphatic carbocycles. The number of rotatable bonds is 3. The molecule has 0 radical (unpaired) electrons. The van der Waals surface area contributed by atoms with Gasteiger partial charge in [0.15, 0.2) is 5.65 Å². The van der Waals surface area contributed by atoms with Crippen molar-refractivity contribution < 1.29 is 9.18 Å². The molecule has 1 aromatic carbocycles. The van der Waals surface area contributed by atoms with Crippen LogP contribution >= 0.6 is 0 Å². The molecule has 0 saturated carbocycles. The second-order valence-corrected chi connectivity index (χ2v) is 6.60. The Balaban J connectivity index is 1.42. The van der Waals surface area contributed by atoms with Gasteiger partial charge in [0.25, 0.3) is 5.56 Å². The number of aromatic nitrogens is 3. The van der Waals surface area contributed by atoms with Crippen LogP contribution in [0.3, 0.4) is 0 Å². The van der Waals surface area contributed by atoms with E-state index in [1.54, 1.807) is 41.4 Å². The first kappa shape index (κ1) is 16.5. The number of nitrogens with zero attached hydrogens (tertiary/aromatic N) is 3. The van der Waals surface area contributed by atoms with Gasteiger partial charge in [-0.1, -0.05) is 18.2 Å². The first-order chi connectivity index (χ1) is 12.6.